The van der Waals surface area contributed by atoms with Crippen molar-refractivity contribution >= 4 is 17.5 Å². The lowest BCUT2D eigenvalue weighted by Crippen LogP contribution is -2.51. The van der Waals surface area contributed by atoms with Gasteiger partial charge in [0.05, 0.1) is 12.8 Å². The van der Waals surface area contributed by atoms with Crippen LogP contribution in [0.1, 0.15) is 16.1 Å². The minimum absolute atomic E-state index is 0.0100. The molecule has 0 aliphatic carbocycles. The number of hydrogen-bond donors (Lipinski definition) is 1. The van der Waals surface area contributed by atoms with Crippen LogP contribution < -0.4 is 10.2 Å². The molecule has 1 aliphatic heterocycles. The van der Waals surface area contributed by atoms with Crippen molar-refractivity contribution in [2.75, 3.05) is 37.6 Å². The summed E-state index contributed by atoms with van der Waals surface area (Å²) in [5.74, 6) is -0.224. The lowest BCUT2D eigenvalue weighted by atomic mass is 10.1. The quantitative estimate of drug-likeness (QED) is 0.928. The maximum absolute atomic E-state index is 12.2. The number of aryl methyl sites for hydroxylation is 1. The van der Waals surface area contributed by atoms with Gasteiger partial charge in [0.1, 0.15) is 0 Å². The molecule has 3 rings (SSSR count). The van der Waals surface area contributed by atoms with Crippen LogP contribution in [0.2, 0.25) is 0 Å². The molecule has 2 amide bonds. The number of para-hydroxylation sites is 1. The Hall–Kier alpha value is -2.76. The van der Waals surface area contributed by atoms with E-state index < -0.39 is 0 Å². The highest BCUT2D eigenvalue weighted by atomic mass is 16.3. The number of benzene rings is 1. The lowest BCUT2D eigenvalue weighted by molar-refractivity contribution is -0.130. The summed E-state index contributed by atoms with van der Waals surface area (Å²) in [6, 6.07) is 11.5. The van der Waals surface area contributed by atoms with E-state index in [1.54, 1.807) is 17.0 Å². The number of nitrogens with one attached hydrogen (secondary N) is 1. The van der Waals surface area contributed by atoms with E-state index in [1.165, 1.54) is 17.5 Å². The predicted molar refractivity (Wildman–Crippen MR) is 91.0 cm³/mol. The van der Waals surface area contributed by atoms with Crippen LogP contribution in [0, 0.1) is 6.92 Å². The Morgan fingerprint density at radius 1 is 1.08 bits per heavy atom. The van der Waals surface area contributed by atoms with Crippen LogP contribution in [0.4, 0.5) is 5.69 Å². The molecular weight excluding hydrogens is 306 g/mol. The molecule has 24 heavy (non-hydrogen) atoms. The topological polar surface area (TPSA) is 65.8 Å². The van der Waals surface area contributed by atoms with Crippen LogP contribution in [0.15, 0.2) is 47.1 Å². The largest absolute Gasteiger partial charge is 0.459 e. The molecule has 6 heteroatoms. The van der Waals surface area contributed by atoms with Gasteiger partial charge in [-0.15, -0.1) is 0 Å². The number of piperazine rings is 1. The van der Waals surface area contributed by atoms with E-state index in [-0.39, 0.29) is 24.1 Å². The monoisotopic (exact) mass is 327 g/mol. The second-order valence-electron chi connectivity index (χ2n) is 5.81. The van der Waals surface area contributed by atoms with Crippen molar-refractivity contribution in [2.24, 2.45) is 0 Å². The van der Waals surface area contributed by atoms with Crippen molar-refractivity contribution in [3.05, 3.63) is 54.0 Å². The van der Waals surface area contributed by atoms with Gasteiger partial charge in [0, 0.05) is 31.9 Å². The molecule has 0 unspecified atom stereocenters. The number of nitrogens with zero attached hydrogens (tertiary/aromatic N) is 2. The second kappa shape index (κ2) is 7.21. The van der Waals surface area contributed by atoms with Gasteiger partial charge in [-0.2, -0.15) is 0 Å². The van der Waals surface area contributed by atoms with Gasteiger partial charge >= 0.3 is 0 Å². The van der Waals surface area contributed by atoms with Crippen molar-refractivity contribution in [1.29, 1.82) is 0 Å². The van der Waals surface area contributed by atoms with E-state index in [9.17, 15) is 9.59 Å². The molecule has 0 spiro atoms. The van der Waals surface area contributed by atoms with E-state index in [0.29, 0.717) is 13.1 Å². The van der Waals surface area contributed by atoms with Gasteiger partial charge in [0.25, 0.3) is 5.91 Å². The normalized spacial score (nSPS) is 14.5. The molecule has 1 aromatic carbocycles. The van der Waals surface area contributed by atoms with Crippen molar-refractivity contribution in [3.8, 4) is 0 Å². The maximum Gasteiger partial charge on any atom is 0.287 e. The van der Waals surface area contributed by atoms with E-state index in [1.807, 2.05) is 12.1 Å². The molecule has 1 N–H and O–H groups in total. The molecule has 126 valence electrons. The fourth-order valence-corrected chi connectivity index (χ4v) is 2.88. The van der Waals surface area contributed by atoms with Gasteiger partial charge in [0.15, 0.2) is 5.76 Å². The van der Waals surface area contributed by atoms with Crippen LogP contribution >= 0.6 is 0 Å². The van der Waals surface area contributed by atoms with Gasteiger partial charge in [-0.05, 0) is 30.7 Å². The highest BCUT2D eigenvalue weighted by Gasteiger charge is 2.22. The molecule has 1 aromatic heterocycles. The van der Waals surface area contributed by atoms with E-state index in [0.717, 1.165) is 13.1 Å². The molecule has 2 aromatic rings. The van der Waals surface area contributed by atoms with Gasteiger partial charge < -0.3 is 19.5 Å². The third kappa shape index (κ3) is 3.59. The number of amides is 2. The summed E-state index contributed by atoms with van der Waals surface area (Å²) in [6.45, 7) is 4.99. The first-order valence-corrected chi connectivity index (χ1v) is 8.05. The first kappa shape index (κ1) is 16.1. The number of anilines is 1. The fraction of sp³-hybridized carbons (Fsp3) is 0.333. The Morgan fingerprint density at radius 3 is 2.50 bits per heavy atom. The average Bonchev–Trinajstić information content (AvgIpc) is 3.15. The van der Waals surface area contributed by atoms with Crippen LogP contribution in [0.5, 0.6) is 0 Å². The van der Waals surface area contributed by atoms with Gasteiger partial charge in [-0.1, -0.05) is 18.2 Å². The molecule has 0 atom stereocenters. The minimum atomic E-state index is -0.369. The van der Waals surface area contributed by atoms with Gasteiger partial charge in [0.2, 0.25) is 5.91 Å². The molecule has 1 aliphatic rings. The Morgan fingerprint density at radius 2 is 1.83 bits per heavy atom. The molecule has 1 fully saturated rings. The van der Waals surface area contributed by atoms with Gasteiger partial charge in [-0.3, -0.25) is 9.59 Å². The maximum atomic E-state index is 12.2. The highest BCUT2D eigenvalue weighted by Crippen LogP contribution is 2.20. The molecular formula is C18H21N3O3. The summed E-state index contributed by atoms with van der Waals surface area (Å²) in [5.41, 5.74) is 2.46. The number of carbonyl (C=O) groups excluding carboxylic acids is 2. The lowest BCUT2D eigenvalue weighted by Gasteiger charge is -2.36. The SMILES string of the molecule is Cc1ccccc1N1CCN(C(=O)CNC(=O)c2ccco2)CC1. The fourth-order valence-electron chi connectivity index (χ4n) is 2.88. The van der Waals surface area contributed by atoms with Crippen molar-refractivity contribution in [1.82, 2.24) is 10.2 Å². The van der Waals surface area contributed by atoms with E-state index in [2.05, 4.69) is 29.3 Å². The molecule has 6 nitrogen and oxygen atoms in total. The average molecular weight is 327 g/mol. The predicted octanol–water partition coefficient (Wildman–Crippen LogP) is 1.67. The summed E-state index contributed by atoms with van der Waals surface area (Å²) < 4.78 is 5.00. The number of hydrogen-bond acceptors (Lipinski definition) is 4. The molecule has 1 saturated heterocycles. The second-order valence-corrected chi connectivity index (χ2v) is 5.81. The first-order chi connectivity index (χ1) is 11.6. The Kier molecular flexibility index (Phi) is 4.84. The number of carbonyl (C=O) groups is 2. The summed E-state index contributed by atoms with van der Waals surface area (Å²) in [4.78, 5) is 28.1. The van der Waals surface area contributed by atoms with Gasteiger partial charge in [-0.25, -0.2) is 0 Å². The molecule has 0 radical (unpaired) electrons. The van der Waals surface area contributed by atoms with Crippen LogP contribution in [-0.4, -0.2) is 49.4 Å². The molecule has 0 bridgehead atoms. The highest BCUT2D eigenvalue weighted by molar-refractivity contribution is 5.94. The number of furan rings is 1. The van der Waals surface area contributed by atoms with Crippen LogP contribution in [0.3, 0.4) is 0 Å². The third-order valence-corrected chi connectivity index (χ3v) is 4.23. The van der Waals surface area contributed by atoms with Crippen molar-refractivity contribution < 1.29 is 14.0 Å². The summed E-state index contributed by atoms with van der Waals surface area (Å²) in [7, 11) is 0. The summed E-state index contributed by atoms with van der Waals surface area (Å²) >= 11 is 0. The third-order valence-electron chi connectivity index (χ3n) is 4.23. The standard InChI is InChI=1S/C18H21N3O3/c1-14-5-2-3-6-15(14)20-8-10-21(11-9-20)17(22)13-19-18(23)16-7-4-12-24-16/h2-7,12H,8-11,13H2,1H3,(H,19,23). The number of rotatable bonds is 4. The zero-order valence-corrected chi connectivity index (χ0v) is 13.7. The molecule has 2 heterocycles. The minimum Gasteiger partial charge on any atom is -0.459 e. The summed E-state index contributed by atoms with van der Waals surface area (Å²) in [6.07, 6.45) is 1.43. The zero-order chi connectivity index (χ0) is 16.9. The zero-order valence-electron chi connectivity index (χ0n) is 13.7. The van der Waals surface area contributed by atoms with Crippen molar-refractivity contribution in [3.63, 3.8) is 0 Å². The van der Waals surface area contributed by atoms with Crippen LogP contribution in [0.25, 0.3) is 0 Å². The Balaban J connectivity index is 1.48. The molecule has 0 saturated carbocycles. The Labute approximate surface area is 141 Å². The van der Waals surface area contributed by atoms with Crippen molar-refractivity contribution in [2.45, 2.75) is 6.92 Å². The van der Waals surface area contributed by atoms with E-state index >= 15 is 0 Å². The first-order valence-electron chi connectivity index (χ1n) is 8.05. The van der Waals surface area contributed by atoms with Crippen LogP contribution in [-0.2, 0) is 4.79 Å². The Bertz CT molecular complexity index is 704. The van der Waals surface area contributed by atoms with E-state index in [4.69, 9.17) is 4.42 Å². The summed E-state index contributed by atoms with van der Waals surface area (Å²) in [5, 5.41) is 2.60. The smallest absolute Gasteiger partial charge is 0.287 e.